The van der Waals surface area contributed by atoms with Crippen LogP contribution >= 0.6 is 0 Å². The van der Waals surface area contributed by atoms with Crippen molar-refractivity contribution in [2.75, 3.05) is 18.0 Å². The Hall–Kier alpha value is -2.77. The molecule has 0 aromatic carbocycles. The molecule has 1 amide bonds. The number of hydrogen-bond donors (Lipinski definition) is 1. The van der Waals surface area contributed by atoms with Crippen molar-refractivity contribution < 1.29 is 4.79 Å². The SMILES string of the molecule is O=C(Cn1ncccc1=O)NC1CCN(c2cc3c(nn2)CCCC3)CC1. The van der Waals surface area contributed by atoms with Crippen molar-refractivity contribution in [3.8, 4) is 0 Å². The summed E-state index contributed by atoms with van der Waals surface area (Å²) in [6.07, 6.45) is 7.77. The van der Waals surface area contributed by atoms with Crippen LogP contribution in [0.25, 0.3) is 0 Å². The van der Waals surface area contributed by atoms with Gasteiger partial charge >= 0.3 is 0 Å². The summed E-state index contributed by atoms with van der Waals surface area (Å²) < 4.78 is 1.17. The molecule has 27 heavy (non-hydrogen) atoms. The van der Waals surface area contributed by atoms with Crippen LogP contribution in [0.2, 0.25) is 0 Å². The van der Waals surface area contributed by atoms with Gasteiger partial charge in [0.15, 0.2) is 5.82 Å². The molecule has 1 N–H and O–H groups in total. The van der Waals surface area contributed by atoms with E-state index in [0.29, 0.717) is 0 Å². The number of carbonyl (C=O) groups is 1. The van der Waals surface area contributed by atoms with Gasteiger partial charge in [0, 0.05) is 31.4 Å². The van der Waals surface area contributed by atoms with Crippen molar-refractivity contribution in [3.63, 3.8) is 0 Å². The number of nitrogens with zero attached hydrogens (tertiary/aromatic N) is 5. The summed E-state index contributed by atoms with van der Waals surface area (Å²) in [6, 6.07) is 5.27. The van der Waals surface area contributed by atoms with Crippen molar-refractivity contribution in [3.05, 3.63) is 46.0 Å². The van der Waals surface area contributed by atoms with E-state index in [1.54, 1.807) is 6.07 Å². The first-order valence-electron chi connectivity index (χ1n) is 9.61. The van der Waals surface area contributed by atoms with Gasteiger partial charge < -0.3 is 10.2 Å². The van der Waals surface area contributed by atoms with Gasteiger partial charge in [-0.05, 0) is 56.2 Å². The van der Waals surface area contributed by atoms with Gasteiger partial charge in [-0.3, -0.25) is 9.59 Å². The number of anilines is 1. The van der Waals surface area contributed by atoms with Crippen molar-refractivity contribution >= 4 is 11.7 Å². The van der Waals surface area contributed by atoms with Gasteiger partial charge in [0.2, 0.25) is 5.91 Å². The van der Waals surface area contributed by atoms with E-state index < -0.39 is 0 Å². The molecular formula is C19H24N6O2. The van der Waals surface area contributed by atoms with E-state index in [-0.39, 0.29) is 24.1 Å². The molecule has 1 saturated heterocycles. The molecule has 2 aromatic rings. The average molecular weight is 368 g/mol. The molecular weight excluding hydrogens is 344 g/mol. The Morgan fingerprint density at radius 2 is 2.00 bits per heavy atom. The Morgan fingerprint density at radius 1 is 1.19 bits per heavy atom. The van der Waals surface area contributed by atoms with E-state index in [2.05, 4.69) is 31.6 Å². The summed E-state index contributed by atoms with van der Waals surface area (Å²) in [5, 5.41) is 15.8. The smallest absolute Gasteiger partial charge is 0.267 e. The van der Waals surface area contributed by atoms with Crippen LogP contribution in [0.15, 0.2) is 29.2 Å². The highest BCUT2D eigenvalue weighted by atomic mass is 16.2. The quantitative estimate of drug-likeness (QED) is 0.854. The molecule has 1 aliphatic heterocycles. The molecule has 1 aliphatic carbocycles. The second-order valence-electron chi connectivity index (χ2n) is 7.23. The number of rotatable bonds is 4. The largest absolute Gasteiger partial charge is 0.355 e. The fourth-order valence-corrected chi connectivity index (χ4v) is 3.80. The molecule has 3 heterocycles. The molecule has 0 radical (unpaired) electrons. The van der Waals surface area contributed by atoms with E-state index in [0.717, 1.165) is 50.3 Å². The maximum Gasteiger partial charge on any atom is 0.267 e. The molecule has 8 heteroatoms. The third-order valence-electron chi connectivity index (χ3n) is 5.32. The molecule has 142 valence electrons. The van der Waals surface area contributed by atoms with Crippen molar-refractivity contribution in [1.82, 2.24) is 25.3 Å². The second kappa shape index (κ2) is 7.85. The zero-order valence-electron chi connectivity index (χ0n) is 15.3. The lowest BCUT2D eigenvalue weighted by Crippen LogP contribution is -2.46. The van der Waals surface area contributed by atoms with E-state index >= 15 is 0 Å². The third kappa shape index (κ3) is 4.15. The fraction of sp³-hybridized carbons (Fsp3) is 0.526. The van der Waals surface area contributed by atoms with Crippen LogP contribution in [-0.4, -0.2) is 45.0 Å². The predicted molar refractivity (Wildman–Crippen MR) is 101 cm³/mol. The van der Waals surface area contributed by atoms with Gasteiger partial charge in [0.05, 0.1) is 5.69 Å². The number of aryl methyl sites for hydroxylation is 2. The minimum absolute atomic E-state index is 0.0455. The number of aromatic nitrogens is 4. The topological polar surface area (TPSA) is 93.0 Å². The first kappa shape index (κ1) is 17.6. The summed E-state index contributed by atoms with van der Waals surface area (Å²) in [5.41, 5.74) is 2.22. The maximum atomic E-state index is 12.2. The van der Waals surface area contributed by atoms with Crippen LogP contribution in [-0.2, 0) is 24.2 Å². The van der Waals surface area contributed by atoms with Gasteiger partial charge in [-0.1, -0.05) is 0 Å². The molecule has 0 unspecified atom stereocenters. The summed E-state index contributed by atoms with van der Waals surface area (Å²) >= 11 is 0. The zero-order valence-corrected chi connectivity index (χ0v) is 15.3. The number of nitrogens with one attached hydrogen (secondary N) is 1. The van der Waals surface area contributed by atoms with E-state index in [4.69, 9.17) is 0 Å². The first-order valence-corrected chi connectivity index (χ1v) is 9.61. The Bertz CT molecular complexity index is 872. The Balaban J connectivity index is 1.30. The lowest BCUT2D eigenvalue weighted by atomic mass is 9.96. The molecule has 0 atom stereocenters. The molecule has 0 spiro atoms. The lowest BCUT2D eigenvalue weighted by molar-refractivity contribution is -0.122. The van der Waals surface area contributed by atoms with Crippen LogP contribution in [0.3, 0.4) is 0 Å². The van der Waals surface area contributed by atoms with E-state index in [1.165, 1.54) is 35.4 Å². The average Bonchev–Trinajstić information content (AvgIpc) is 2.70. The summed E-state index contributed by atoms with van der Waals surface area (Å²) in [5.74, 6) is 0.767. The number of piperidine rings is 1. The fourth-order valence-electron chi connectivity index (χ4n) is 3.80. The number of hydrogen-bond acceptors (Lipinski definition) is 6. The van der Waals surface area contributed by atoms with E-state index in [1.807, 2.05) is 0 Å². The molecule has 4 rings (SSSR count). The summed E-state index contributed by atoms with van der Waals surface area (Å²) in [7, 11) is 0. The minimum atomic E-state index is -0.270. The van der Waals surface area contributed by atoms with E-state index in [9.17, 15) is 9.59 Å². The van der Waals surface area contributed by atoms with Crippen LogP contribution in [0, 0.1) is 0 Å². The number of amides is 1. The standard InChI is InChI=1S/C19H24N6O2/c26-18(13-25-19(27)6-3-9-20-25)21-15-7-10-24(11-8-15)17-12-14-4-1-2-5-16(14)22-23-17/h3,6,9,12,15H,1-2,4-5,7-8,10-11,13H2,(H,21,26). The highest BCUT2D eigenvalue weighted by Crippen LogP contribution is 2.24. The Kier molecular flexibility index (Phi) is 5.13. The predicted octanol–water partition coefficient (Wildman–Crippen LogP) is 0.697. The van der Waals surface area contributed by atoms with Crippen molar-refractivity contribution in [2.45, 2.75) is 51.1 Å². The summed E-state index contributed by atoms with van der Waals surface area (Å²) in [4.78, 5) is 26.1. The minimum Gasteiger partial charge on any atom is -0.355 e. The Morgan fingerprint density at radius 3 is 2.81 bits per heavy atom. The number of fused-ring (bicyclic) bond motifs is 1. The monoisotopic (exact) mass is 368 g/mol. The number of carbonyl (C=O) groups excluding carboxylic acids is 1. The van der Waals surface area contributed by atoms with Gasteiger partial charge in [-0.25, -0.2) is 4.68 Å². The molecule has 8 nitrogen and oxygen atoms in total. The van der Waals surface area contributed by atoms with Crippen molar-refractivity contribution in [1.29, 1.82) is 0 Å². The van der Waals surface area contributed by atoms with Crippen LogP contribution in [0.1, 0.15) is 36.9 Å². The van der Waals surface area contributed by atoms with Crippen LogP contribution in [0.4, 0.5) is 5.82 Å². The highest BCUT2D eigenvalue weighted by Gasteiger charge is 2.23. The zero-order chi connectivity index (χ0) is 18.6. The van der Waals surface area contributed by atoms with Gasteiger partial charge in [0.1, 0.15) is 6.54 Å². The van der Waals surface area contributed by atoms with Gasteiger partial charge in [0.25, 0.3) is 5.56 Å². The van der Waals surface area contributed by atoms with Crippen molar-refractivity contribution in [2.24, 2.45) is 0 Å². The molecule has 0 bridgehead atoms. The highest BCUT2D eigenvalue weighted by molar-refractivity contribution is 5.76. The first-order chi connectivity index (χ1) is 13.2. The van der Waals surface area contributed by atoms with Crippen LogP contribution < -0.4 is 15.8 Å². The molecule has 2 aromatic heterocycles. The van der Waals surface area contributed by atoms with Gasteiger partial charge in [-0.15, -0.1) is 5.10 Å². The van der Waals surface area contributed by atoms with Gasteiger partial charge in [-0.2, -0.15) is 10.2 Å². The molecule has 1 fully saturated rings. The maximum absolute atomic E-state index is 12.2. The third-order valence-corrected chi connectivity index (χ3v) is 5.32. The summed E-state index contributed by atoms with van der Waals surface area (Å²) in [6.45, 7) is 1.63. The molecule has 0 saturated carbocycles. The van der Waals surface area contributed by atoms with Crippen LogP contribution in [0.5, 0.6) is 0 Å². The Labute approximate surface area is 157 Å². The lowest BCUT2D eigenvalue weighted by Gasteiger charge is -2.33. The normalized spacial score (nSPS) is 17.4. The molecule has 2 aliphatic rings. The second-order valence-corrected chi connectivity index (χ2v) is 7.23.